The van der Waals surface area contributed by atoms with Gasteiger partial charge in [0.25, 0.3) is 0 Å². The Balaban J connectivity index is 1.74. The fourth-order valence-corrected chi connectivity index (χ4v) is 2.56. The van der Waals surface area contributed by atoms with E-state index < -0.39 is 0 Å². The molecule has 2 aromatic rings. The van der Waals surface area contributed by atoms with Gasteiger partial charge in [0.2, 0.25) is 5.96 Å². The van der Waals surface area contributed by atoms with Crippen LogP contribution in [0, 0.1) is 0 Å². The standard InChI is InChI=1S/C15H14Cl2N4O2/c16-12-2-1-3-13(17)14(12)20-15-19-6-7-21(15)23-9-10-8-11(22)4-5-18-10/h1-5,8H,6-7,9H2,(H,18,22)(H,19,20). The Morgan fingerprint density at radius 3 is 2.83 bits per heavy atom. The second-order valence-corrected chi connectivity index (χ2v) is 5.63. The van der Waals surface area contributed by atoms with Crippen molar-refractivity contribution in [2.75, 3.05) is 13.1 Å². The lowest BCUT2D eigenvalue weighted by atomic mass is 10.3. The molecule has 3 rings (SSSR count). The summed E-state index contributed by atoms with van der Waals surface area (Å²) in [6, 6.07) is 8.27. The minimum Gasteiger partial charge on any atom is -0.508 e. The molecule has 0 saturated carbocycles. The van der Waals surface area contributed by atoms with Crippen LogP contribution in [-0.4, -0.2) is 34.2 Å². The van der Waals surface area contributed by atoms with E-state index in [4.69, 9.17) is 28.0 Å². The maximum absolute atomic E-state index is 9.44. The van der Waals surface area contributed by atoms with Gasteiger partial charge in [-0.3, -0.25) is 9.82 Å². The molecular formula is C15H14Cl2N4O2. The Bertz CT molecular complexity index is 719. The Labute approximate surface area is 143 Å². The van der Waals surface area contributed by atoms with Crippen molar-refractivity contribution in [3.05, 3.63) is 52.3 Å². The summed E-state index contributed by atoms with van der Waals surface area (Å²) in [5.74, 6) is 0.676. The lowest BCUT2D eigenvalue weighted by Crippen LogP contribution is -2.30. The molecule has 1 saturated heterocycles. The number of nitrogens with zero attached hydrogens (tertiary/aromatic N) is 3. The van der Waals surface area contributed by atoms with E-state index in [0.29, 0.717) is 40.5 Å². The number of hydrogen-bond donors (Lipinski definition) is 2. The molecule has 0 bridgehead atoms. The number of rotatable bonds is 4. The highest BCUT2D eigenvalue weighted by Crippen LogP contribution is 2.33. The summed E-state index contributed by atoms with van der Waals surface area (Å²) < 4.78 is 0. The van der Waals surface area contributed by atoms with E-state index in [1.807, 2.05) is 0 Å². The summed E-state index contributed by atoms with van der Waals surface area (Å²) in [5.41, 5.74) is 1.11. The first kappa shape index (κ1) is 15.9. The van der Waals surface area contributed by atoms with E-state index >= 15 is 0 Å². The van der Waals surface area contributed by atoms with Crippen molar-refractivity contribution in [2.24, 2.45) is 4.99 Å². The SMILES string of the molecule is Oc1ccnc(CON2CCN/C2=N\c2c(Cl)cccc2Cl)c1. The number of para-hydroxylation sites is 1. The van der Waals surface area contributed by atoms with Gasteiger partial charge in [0, 0.05) is 18.8 Å². The van der Waals surface area contributed by atoms with Crippen LogP contribution in [0.1, 0.15) is 5.69 Å². The first-order valence-corrected chi connectivity index (χ1v) is 7.70. The molecule has 0 aliphatic carbocycles. The van der Waals surface area contributed by atoms with Gasteiger partial charge in [-0.25, -0.2) is 10.1 Å². The molecule has 0 spiro atoms. The molecule has 1 aromatic heterocycles. The Kier molecular flexibility index (Phi) is 4.85. The van der Waals surface area contributed by atoms with Crippen LogP contribution in [0.3, 0.4) is 0 Å². The number of aliphatic imine (C=N–C) groups is 1. The topological polar surface area (TPSA) is 70.0 Å². The Hall–Kier alpha value is -2.02. The number of aromatic nitrogens is 1. The fourth-order valence-electron chi connectivity index (χ4n) is 2.07. The van der Waals surface area contributed by atoms with E-state index in [-0.39, 0.29) is 12.4 Å². The number of guanidine groups is 1. The van der Waals surface area contributed by atoms with Gasteiger partial charge in [-0.1, -0.05) is 29.3 Å². The van der Waals surface area contributed by atoms with E-state index in [9.17, 15) is 5.11 Å². The molecule has 1 fully saturated rings. The first-order valence-electron chi connectivity index (χ1n) is 6.94. The maximum atomic E-state index is 9.44. The highest BCUT2D eigenvalue weighted by Gasteiger charge is 2.20. The van der Waals surface area contributed by atoms with Gasteiger partial charge >= 0.3 is 0 Å². The average molecular weight is 353 g/mol. The van der Waals surface area contributed by atoms with Crippen LogP contribution in [0.15, 0.2) is 41.5 Å². The van der Waals surface area contributed by atoms with Crippen molar-refractivity contribution in [1.82, 2.24) is 15.4 Å². The number of hydroxylamine groups is 2. The van der Waals surface area contributed by atoms with Gasteiger partial charge in [0.1, 0.15) is 18.0 Å². The van der Waals surface area contributed by atoms with E-state index in [0.717, 1.165) is 0 Å². The zero-order chi connectivity index (χ0) is 16.2. The highest BCUT2D eigenvalue weighted by atomic mass is 35.5. The average Bonchev–Trinajstić information content (AvgIpc) is 2.96. The zero-order valence-corrected chi connectivity index (χ0v) is 13.6. The van der Waals surface area contributed by atoms with Crippen molar-refractivity contribution in [1.29, 1.82) is 0 Å². The largest absolute Gasteiger partial charge is 0.508 e. The molecule has 0 unspecified atom stereocenters. The van der Waals surface area contributed by atoms with Crippen LogP contribution in [-0.2, 0) is 11.4 Å². The van der Waals surface area contributed by atoms with Gasteiger partial charge in [-0.2, -0.15) is 0 Å². The van der Waals surface area contributed by atoms with E-state index in [1.165, 1.54) is 12.3 Å². The third-order valence-electron chi connectivity index (χ3n) is 3.16. The second-order valence-electron chi connectivity index (χ2n) is 4.81. The van der Waals surface area contributed by atoms with E-state index in [2.05, 4.69) is 15.3 Å². The normalized spacial score (nSPS) is 15.9. The third-order valence-corrected chi connectivity index (χ3v) is 3.77. The summed E-state index contributed by atoms with van der Waals surface area (Å²) in [6.45, 7) is 1.53. The molecule has 1 aromatic carbocycles. The monoisotopic (exact) mass is 352 g/mol. The second kappa shape index (κ2) is 7.04. The molecule has 120 valence electrons. The van der Waals surface area contributed by atoms with Crippen LogP contribution in [0.5, 0.6) is 5.75 Å². The number of benzene rings is 1. The number of halogens is 2. The lowest BCUT2D eigenvalue weighted by Gasteiger charge is -2.17. The Morgan fingerprint density at radius 2 is 2.09 bits per heavy atom. The van der Waals surface area contributed by atoms with Crippen molar-refractivity contribution < 1.29 is 9.94 Å². The van der Waals surface area contributed by atoms with Crippen LogP contribution in [0.4, 0.5) is 5.69 Å². The molecular weight excluding hydrogens is 339 g/mol. The molecule has 0 amide bonds. The summed E-state index contributed by atoms with van der Waals surface area (Å²) in [5, 5.41) is 15.1. The fraction of sp³-hybridized carbons (Fsp3) is 0.200. The van der Waals surface area contributed by atoms with Gasteiger partial charge in [0.15, 0.2) is 0 Å². The van der Waals surface area contributed by atoms with Crippen LogP contribution < -0.4 is 5.32 Å². The number of nitrogens with one attached hydrogen (secondary N) is 1. The molecule has 1 aliphatic heterocycles. The predicted molar refractivity (Wildman–Crippen MR) is 89.0 cm³/mol. The Morgan fingerprint density at radius 1 is 1.30 bits per heavy atom. The third kappa shape index (κ3) is 3.85. The predicted octanol–water partition coefficient (Wildman–Crippen LogP) is 3.12. The summed E-state index contributed by atoms with van der Waals surface area (Å²) in [4.78, 5) is 14.3. The minimum absolute atomic E-state index is 0.148. The molecule has 0 radical (unpaired) electrons. The summed E-state index contributed by atoms with van der Waals surface area (Å²) in [6.07, 6.45) is 1.52. The van der Waals surface area contributed by atoms with Gasteiger partial charge in [-0.15, -0.1) is 0 Å². The van der Waals surface area contributed by atoms with Crippen molar-refractivity contribution in [2.45, 2.75) is 6.61 Å². The summed E-state index contributed by atoms with van der Waals surface area (Å²) in [7, 11) is 0. The minimum atomic E-state index is 0.148. The van der Waals surface area contributed by atoms with Crippen molar-refractivity contribution in [3.8, 4) is 5.75 Å². The molecule has 2 heterocycles. The van der Waals surface area contributed by atoms with Crippen LogP contribution in [0.2, 0.25) is 10.0 Å². The first-order chi connectivity index (χ1) is 11.1. The zero-order valence-electron chi connectivity index (χ0n) is 12.0. The summed E-state index contributed by atoms with van der Waals surface area (Å²) >= 11 is 12.3. The number of hydrogen-bond acceptors (Lipinski definition) is 4. The van der Waals surface area contributed by atoms with Crippen molar-refractivity contribution in [3.63, 3.8) is 0 Å². The van der Waals surface area contributed by atoms with Crippen LogP contribution in [0.25, 0.3) is 0 Å². The highest BCUT2D eigenvalue weighted by molar-refractivity contribution is 6.38. The van der Waals surface area contributed by atoms with E-state index in [1.54, 1.807) is 29.3 Å². The molecule has 8 heteroatoms. The van der Waals surface area contributed by atoms with Gasteiger partial charge in [0.05, 0.1) is 22.3 Å². The van der Waals surface area contributed by atoms with Gasteiger partial charge in [-0.05, 0) is 18.2 Å². The molecule has 2 N–H and O–H groups in total. The number of pyridine rings is 1. The molecule has 23 heavy (non-hydrogen) atoms. The van der Waals surface area contributed by atoms with Crippen molar-refractivity contribution >= 4 is 34.8 Å². The smallest absolute Gasteiger partial charge is 0.223 e. The van der Waals surface area contributed by atoms with Gasteiger partial charge < -0.3 is 10.4 Å². The maximum Gasteiger partial charge on any atom is 0.223 e. The van der Waals surface area contributed by atoms with Crippen LogP contribution >= 0.6 is 23.2 Å². The molecule has 1 aliphatic rings. The lowest BCUT2D eigenvalue weighted by molar-refractivity contribution is -0.103. The quantitative estimate of drug-likeness (QED) is 0.884. The molecule has 6 nitrogen and oxygen atoms in total. The molecule has 0 atom stereocenters. The number of aromatic hydroxyl groups is 1.